The minimum atomic E-state index is -0.414. The van der Waals surface area contributed by atoms with Crippen LogP contribution in [-0.2, 0) is 4.79 Å². The van der Waals surface area contributed by atoms with Gasteiger partial charge in [-0.25, -0.2) is 4.79 Å². The normalized spacial score (nSPS) is 10.8. The van der Waals surface area contributed by atoms with Crippen LogP contribution in [0.25, 0.3) is 11.0 Å². The van der Waals surface area contributed by atoms with E-state index in [2.05, 4.69) is 5.32 Å². The van der Waals surface area contributed by atoms with E-state index >= 15 is 0 Å². The van der Waals surface area contributed by atoms with Gasteiger partial charge in [0.1, 0.15) is 22.8 Å². The molecule has 1 heterocycles. The Balaban J connectivity index is 1.72. The first-order valence-corrected chi connectivity index (χ1v) is 9.13. The van der Waals surface area contributed by atoms with Crippen molar-refractivity contribution in [3.63, 3.8) is 0 Å². The molecule has 29 heavy (non-hydrogen) atoms. The summed E-state index contributed by atoms with van der Waals surface area (Å²) >= 11 is 0. The Hall–Kier alpha value is -3.48. The molecule has 0 bridgehead atoms. The molecular formula is C22H23NO6. The van der Waals surface area contributed by atoms with Crippen molar-refractivity contribution in [2.75, 3.05) is 26.1 Å². The number of rotatable bonds is 7. The predicted molar refractivity (Wildman–Crippen MR) is 110 cm³/mol. The van der Waals surface area contributed by atoms with Gasteiger partial charge in [0.15, 0.2) is 6.61 Å². The summed E-state index contributed by atoms with van der Waals surface area (Å²) < 4.78 is 21.3. The minimum Gasteiger partial charge on any atom is -0.497 e. The van der Waals surface area contributed by atoms with Crippen molar-refractivity contribution in [1.82, 2.24) is 0 Å². The van der Waals surface area contributed by atoms with Crippen LogP contribution in [0.3, 0.4) is 0 Å². The highest BCUT2D eigenvalue weighted by atomic mass is 16.5. The van der Waals surface area contributed by atoms with Crippen LogP contribution in [0.15, 0.2) is 51.7 Å². The number of benzene rings is 2. The lowest BCUT2D eigenvalue weighted by molar-refractivity contribution is -0.118. The number of hydrogen-bond donors (Lipinski definition) is 1. The van der Waals surface area contributed by atoms with Crippen LogP contribution >= 0.6 is 0 Å². The fourth-order valence-electron chi connectivity index (χ4n) is 2.97. The summed E-state index contributed by atoms with van der Waals surface area (Å²) in [5.41, 5.74) is 1.43. The van der Waals surface area contributed by atoms with E-state index in [1.807, 2.05) is 19.9 Å². The standard InChI is InChI=1S/C22H23NO6/c1-13(2)17-11-22(25)29-19-10-15(5-7-16(17)19)28-12-21(24)23-18-8-6-14(26-3)9-20(18)27-4/h5-11,13H,12H2,1-4H3,(H,23,24). The van der Waals surface area contributed by atoms with E-state index < -0.39 is 5.63 Å². The lowest BCUT2D eigenvalue weighted by Crippen LogP contribution is -2.20. The van der Waals surface area contributed by atoms with E-state index in [1.165, 1.54) is 13.2 Å². The Bertz CT molecular complexity index is 1090. The monoisotopic (exact) mass is 397 g/mol. The average molecular weight is 397 g/mol. The second-order valence-corrected chi connectivity index (χ2v) is 6.74. The van der Waals surface area contributed by atoms with Crippen molar-refractivity contribution in [2.24, 2.45) is 0 Å². The molecule has 7 nitrogen and oxygen atoms in total. The molecule has 0 spiro atoms. The molecule has 3 rings (SSSR count). The number of carbonyl (C=O) groups is 1. The molecule has 0 atom stereocenters. The van der Waals surface area contributed by atoms with E-state index in [0.717, 1.165) is 10.9 Å². The van der Waals surface area contributed by atoms with E-state index in [-0.39, 0.29) is 18.4 Å². The molecule has 0 radical (unpaired) electrons. The van der Waals surface area contributed by atoms with Crippen LogP contribution in [0.5, 0.6) is 17.2 Å². The smallest absolute Gasteiger partial charge is 0.336 e. The van der Waals surface area contributed by atoms with Crippen molar-refractivity contribution in [2.45, 2.75) is 19.8 Å². The Kier molecular flexibility index (Phi) is 6.07. The first-order chi connectivity index (χ1) is 13.9. The van der Waals surface area contributed by atoms with Gasteiger partial charge in [-0.2, -0.15) is 0 Å². The number of hydrogen-bond acceptors (Lipinski definition) is 6. The molecule has 0 aliphatic rings. The van der Waals surface area contributed by atoms with E-state index in [1.54, 1.807) is 37.4 Å². The number of carbonyl (C=O) groups excluding carboxylic acids is 1. The molecule has 1 amide bonds. The summed E-state index contributed by atoms with van der Waals surface area (Å²) in [6, 6.07) is 11.8. The number of ether oxygens (including phenoxy) is 3. The molecule has 0 saturated heterocycles. The summed E-state index contributed by atoms with van der Waals surface area (Å²) in [5, 5.41) is 3.58. The highest BCUT2D eigenvalue weighted by molar-refractivity contribution is 5.93. The largest absolute Gasteiger partial charge is 0.497 e. The van der Waals surface area contributed by atoms with E-state index in [4.69, 9.17) is 18.6 Å². The van der Waals surface area contributed by atoms with E-state index in [0.29, 0.717) is 28.5 Å². The quantitative estimate of drug-likeness (QED) is 0.608. The zero-order valence-electron chi connectivity index (χ0n) is 16.8. The van der Waals surface area contributed by atoms with Crippen LogP contribution in [0, 0.1) is 0 Å². The summed E-state index contributed by atoms with van der Waals surface area (Å²) in [5.74, 6) is 1.35. The van der Waals surface area contributed by atoms with Crippen LogP contribution < -0.4 is 25.2 Å². The summed E-state index contributed by atoms with van der Waals surface area (Å²) in [4.78, 5) is 24.1. The van der Waals surface area contributed by atoms with Gasteiger partial charge in [0.2, 0.25) is 0 Å². The zero-order chi connectivity index (χ0) is 21.0. The molecule has 0 aliphatic carbocycles. The van der Waals surface area contributed by atoms with Crippen molar-refractivity contribution < 1.29 is 23.4 Å². The van der Waals surface area contributed by atoms with Crippen molar-refractivity contribution in [3.8, 4) is 17.2 Å². The first-order valence-electron chi connectivity index (χ1n) is 9.13. The molecule has 2 aromatic carbocycles. The Morgan fingerprint density at radius 3 is 2.48 bits per heavy atom. The number of fused-ring (bicyclic) bond motifs is 1. The first kappa shape index (κ1) is 20.3. The van der Waals surface area contributed by atoms with Crippen LogP contribution in [0.1, 0.15) is 25.3 Å². The van der Waals surface area contributed by atoms with Gasteiger partial charge in [-0.1, -0.05) is 13.8 Å². The number of methoxy groups -OCH3 is 2. The molecule has 1 aromatic heterocycles. The maximum absolute atomic E-state index is 12.3. The van der Waals surface area contributed by atoms with Gasteiger partial charge in [-0.3, -0.25) is 4.79 Å². The lowest BCUT2D eigenvalue weighted by Gasteiger charge is -2.13. The van der Waals surface area contributed by atoms with Gasteiger partial charge in [0.25, 0.3) is 5.91 Å². The molecule has 0 unspecified atom stereocenters. The fourth-order valence-corrected chi connectivity index (χ4v) is 2.97. The average Bonchev–Trinajstić information content (AvgIpc) is 2.71. The number of amides is 1. The lowest BCUT2D eigenvalue weighted by atomic mass is 10.00. The van der Waals surface area contributed by atoms with Crippen LogP contribution in [0.4, 0.5) is 5.69 Å². The molecule has 0 fully saturated rings. The summed E-state index contributed by atoms with van der Waals surface area (Å²) in [7, 11) is 3.06. The second-order valence-electron chi connectivity index (χ2n) is 6.74. The summed E-state index contributed by atoms with van der Waals surface area (Å²) in [6.45, 7) is 3.81. The number of nitrogens with one attached hydrogen (secondary N) is 1. The van der Waals surface area contributed by atoms with E-state index in [9.17, 15) is 9.59 Å². The third-order valence-electron chi connectivity index (χ3n) is 4.42. The van der Waals surface area contributed by atoms with Gasteiger partial charge < -0.3 is 23.9 Å². The molecule has 3 aromatic rings. The Labute approximate surface area is 168 Å². The van der Waals surface area contributed by atoms with Crippen LogP contribution in [-0.4, -0.2) is 26.7 Å². The maximum Gasteiger partial charge on any atom is 0.336 e. The minimum absolute atomic E-state index is 0.179. The van der Waals surface area contributed by atoms with Crippen molar-refractivity contribution in [3.05, 3.63) is 58.4 Å². The van der Waals surface area contributed by atoms with Gasteiger partial charge in [-0.15, -0.1) is 0 Å². The van der Waals surface area contributed by atoms with Crippen molar-refractivity contribution in [1.29, 1.82) is 0 Å². The Morgan fingerprint density at radius 1 is 1.03 bits per heavy atom. The third kappa shape index (κ3) is 4.68. The fraction of sp³-hybridized carbons (Fsp3) is 0.273. The van der Waals surface area contributed by atoms with Gasteiger partial charge in [0.05, 0.1) is 19.9 Å². The number of anilines is 1. The Morgan fingerprint density at radius 2 is 1.79 bits per heavy atom. The summed E-state index contributed by atoms with van der Waals surface area (Å²) in [6.07, 6.45) is 0. The highest BCUT2D eigenvalue weighted by Gasteiger charge is 2.12. The molecular weight excluding hydrogens is 374 g/mol. The topological polar surface area (TPSA) is 87.0 Å². The molecule has 1 N–H and O–H groups in total. The predicted octanol–water partition coefficient (Wildman–Crippen LogP) is 3.95. The van der Waals surface area contributed by atoms with Gasteiger partial charge in [0, 0.05) is 23.6 Å². The SMILES string of the molecule is COc1ccc(NC(=O)COc2ccc3c(C(C)C)cc(=O)oc3c2)c(OC)c1. The molecule has 7 heteroatoms. The zero-order valence-corrected chi connectivity index (χ0v) is 16.8. The molecule has 0 saturated carbocycles. The molecule has 0 aliphatic heterocycles. The maximum atomic E-state index is 12.3. The van der Waals surface area contributed by atoms with Crippen molar-refractivity contribution >= 4 is 22.6 Å². The highest BCUT2D eigenvalue weighted by Crippen LogP contribution is 2.29. The van der Waals surface area contributed by atoms with Crippen LogP contribution in [0.2, 0.25) is 0 Å². The van der Waals surface area contributed by atoms with Gasteiger partial charge >= 0.3 is 5.63 Å². The third-order valence-corrected chi connectivity index (χ3v) is 4.42. The second kappa shape index (κ2) is 8.68. The molecule has 152 valence electrons. The van der Waals surface area contributed by atoms with Gasteiger partial charge in [-0.05, 0) is 35.7 Å².